The van der Waals surface area contributed by atoms with E-state index in [9.17, 15) is 9.18 Å². The van der Waals surface area contributed by atoms with Crippen LogP contribution in [0.25, 0.3) is 0 Å². The second-order valence-electron chi connectivity index (χ2n) is 4.32. The van der Waals surface area contributed by atoms with Crippen LogP contribution >= 0.6 is 15.9 Å². The maximum absolute atomic E-state index is 13.1. The van der Waals surface area contributed by atoms with Gasteiger partial charge in [-0.3, -0.25) is 4.79 Å². The lowest BCUT2D eigenvalue weighted by molar-refractivity contribution is 0.0775. The summed E-state index contributed by atoms with van der Waals surface area (Å²) < 4.78 is 18.7. The Kier molecular flexibility index (Phi) is 4.04. The first-order chi connectivity index (χ1) is 8.99. The van der Waals surface area contributed by atoms with E-state index in [0.29, 0.717) is 12.1 Å². The summed E-state index contributed by atoms with van der Waals surface area (Å²) in [6.07, 6.45) is 1.59. The van der Waals surface area contributed by atoms with Crippen molar-refractivity contribution in [2.75, 3.05) is 7.05 Å². The SMILES string of the molecule is Cc1ccoc1CN(C)C(=O)c1ccc(F)c(Br)c1. The molecule has 0 atom stereocenters. The number of nitrogens with zero attached hydrogens (tertiary/aromatic N) is 1. The number of carbonyl (C=O) groups is 1. The molecule has 5 heteroatoms. The summed E-state index contributed by atoms with van der Waals surface area (Å²) >= 11 is 3.07. The van der Waals surface area contributed by atoms with Gasteiger partial charge in [-0.05, 0) is 52.7 Å². The van der Waals surface area contributed by atoms with Crippen molar-refractivity contribution in [2.45, 2.75) is 13.5 Å². The van der Waals surface area contributed by atoms with Gasteiger partial charge in [-0.1, -0.05) is 0 Å². The molecule has 3 nitrogen and oxygen atoms in total. The van der Waals surface area contributed by atoms with Crippen LogP contribution in [0.2, 0.25) is 0 Å². The highest BCUT2D eigenvalue weighted by molar-refractivity contribution is 9.10. The van der Waals surface area contributed by atoms with E-state index in [4.69, 9.17) is 4.42 Å². The zero-order valence-electron chi connectivity index (χ0n) is 10.6. The van der Waals surface area contributed by atoms with Crippen molar-refractivity contribution in [2.24, 2.45) is 0 Å². The molecule has 1 aromatic carbocycles. The largest absolute Gasteiger partial charge is 0.467 e. The predicted octanol–water partition coefficient (Wildman–Crippen LogP) is 3.76. The second-order valence-corrected chi connectivity index (χ2v) is 5.17. The molecule has 1 heterocycles. The Hall–Kier alpha value is -1.62. The number of amides is 1. The highest BCUT2D eigenvalue weighted by atomic mass is 79.9. The quantitative estimate of drug-likeness (QED) is 0.860. The molecule has 0 N–H and O–H groups in total. The molecule has 2 aromatic rings. The first kappa shape index (κ1) is 13.8. The van der Waals surface area contributed by atoms with Gasteiger partial charge >= 0.3 is 0 Å². The smallest absolute Gasteiger partial charge is 0.254 e. The number of halogens is 2. The molecule has 0 aliphatic rings. The highest BCUT2D eigenvalue weighted by Gasteiger charge is 2.15. The van der Waals surface area contributed by atoms with E-state index in [1.54, 1.807) is 13.3 Å². The van der Waals surface area contributed by atoms with Gasteiger partial charge in [0.2, 0.25) is 0 Å². The van der Waals surface area contributed by atoms with E-state index in [1.807, 2.05) is 13.0 Å². The van der Waals surface area contributed by atoms with Crippen LogP contribution in [0.15, 0.2) is 39.4 Å². The number of furan rings is 1. The fourth-order valence-corrected chi connectivity index (χ4v) is 2.08. The van der Waals surface area contributed by atoms with Crippen LogP contribution in [0.3, 0.4) is 0 Å². The highest BCUT2D eigenvalue weighted by Crippen LogP contribution is 2.19. The maximum Gasteiger partial charge on any atom is 0.254 e. The van der Waals surface area contributed by atoms with E-state index >= 15 is 0 Å². The van der Waals surface area contributed by atoms with Gasteiger partial charge in [-0.15, -0.1) is 0 Å². The van der Waals surface area contributed by atoms with Crippen LogP contribution in [0.5, 0.6) is 0 Å². The Balaban J connectivity index is 2.15. The minimum absolute atomic E-state index is 0.184. The molecule has 100 valence electrons. The summed E-state index contributed by atoms with van der Waals surface area (Å²) in [7, 11) is 1.68. The topological polar surface area (TPSA) is 33.5 Å². The number of hydrogen-bond acceptors (Lipinski definition) is 2. The standard InChI is InChI=1S/C14H13BrFNO2/c1-9-5-6-19-13(9)8-17(2)14(18)10-3-4-12(16)11(15)7-10/h3-7H,8H2,1-2H3. The van der Waals surface area contributed by atoms with Gasteiger partial charge in [0.05, 0.1) is 17.3 Å². The normalized spacial score (nSPS) is 10.5. The van der Waals surface area contributed by atoms with Crippen molar-refractivity contribution in [1.29, 1.82) is 0 Å². The fraction of sp³-hybridized carbons (Fsp3) is 0.214. The minimum atomic E-state index is -0.388. The maximum atomic E-state index is 13.1. The first-order valence-electron chi connectivity index (χ1n) is 5.72. The molecule has 0 fully saturated rings. The van der Waals surface area contributed by atoms with Gasteiger partial charge < -0.3 is 9.32 Å². The second kappa shape index (κ2) is 5.57. The van der Waals surface area contributed by atoms with Gasteiger partial charge in [-0.2, -0.15) is 0 Å². The predicted molar refractivity (Wildman–Crippen MR) is 73.3 cm³/mol. The Morgan fingerprint density at radius 3 is 2.74 bits per heavy atom. The van der Waals surface area contributed by atoms with Gasteiger partial charge in [0.1, 0.15) is 11.6 Å². The lowest BCUT2D eigenvalue weighted by atomic mass is 10.2. The molecule has 0 saturated carbocycles. The molecular formula is C14H13BrFNO2. The Morgan fingerprint density at radius 1 is 1.42 bits per heavy atom. The molecule has 1 aromatic heterocycles. The van der Waals surface area contributed by atoms with Crippen LogP contribution in [0.1, 0.15) is 21.7 Å². The number of rotatable bonds is 3. The third kappa shape index (κ3) is 3.04. The average molecular weight is 326 g/mol. The molecule has 0 aliphatic heterocycles. The lowest BCUT2D eigenvalue weighted by Crippen LogP contribution is -2.26. The van der Waals surface area contributed by atoms with E-state index < -0.39 is 0 Å². The molecule has 0 saturated heterocycles. The van der Waals surface area contributed by atoms with Gasteiger partial charge in [-0.25, -0.2) is 4.39 Å². The molecule has 2 rings (SSSR count). The van der Waals surface area contributed by atoms with Gasteiger partial charge in [0.25, 0.3) is 5.91 Å². The Bertz CT molecular complexity index is 609. The lowest BCUT2D eigenvalue weighted by Gasteiger charge is -2.16. The number of hydrogen-bond donors (Lipinski definition) is 0. The monoisotopic (exact) mass is 325 g/mol. The number of carbonyl (C=O) groups excluding carboxylic acids is 1. The van der Waals surface area contributed by atoms with Crippen molar-refractivity contribution in [3.8, 4) is 0 Å². The third-order valence-electron chi connectivity index (χ3n) is 2.86. The third-order valence-corrected chi connectivity index (χ3v) is 3.47. The molecule has 0 bridgehead atoms. The van der Waals surface area contributed by atoms with E-state index in [-0.39, 0.29) is 16.2 Å². The van der Waals surface area contributed by atoms with Gasteiger partial charge in [0.15, 0.2) is 0 Å². The van der Waals surface area contributed by atoms with E-state index in [1.165, 1.54) is 23.1 Å². The zero-order chi connectivity index (χ0) is 14.0. The van der Waals surface area contributed by atoms with Crippen molar-refractivity contribution < 1.29 is 13.6 Å². The number of benzene rings is 1. The van der Waals surface area contributed by atoms with Crippen LogP contribution in [0.4, 0.5) is 4.39 Å². The summed E-state index contributed by atoms with van der Waals surface area (Å²) in [5, 5.41) is 0. The number of aryl methyl sites for hydroxylation is 1. The average Bonchev–Trinajstić information content (AvgIpc) is 2.77. The molecule has 0 aliphatic carbocycles. The van der Waals surface area contributed by atoms with E-state index in [2.05, 4.69) is 15.9 Å². The Morgan fingerprint density at radius 2 is 2.16 bits per heavy atom. The van der Waals surface area contributed by atoms with E-state index in [0.717, 1.165) is 11.3 Å². The zero-order valence-corrected chi connectivity index (χ0v) is 12.2. The van der Waals surface area contributed by atoms with Crippen LogP contribution in [-0.4, -0.2) is 17.9 Å². The molecule has 1 amide bonds. The summed E-state index contributed by atoms with van der Waals surface area (Å²) in [6.45, 7) is 2.30. The molecule has 0 radical (unpaired) electrons. The molecule has 19 heavy (non-hydrogen) atoms. The summed E-state index contributed by atoms with van der Waals surface area (Å²) in [5.74, 6) is 0.176. The van der Waals surface area contributed by atoms with Crippen LogP contribution in [-0.2, 0) is 6.54 Å². The summed E-state index contributed by atoms with van der Waals surface area (Å²) in [5.41, 5.74) is 1.43. The van der Waals surface area contributed by atoms with Crippen molar-refractivity contribution >= 4 is 21.8 Å². The van der Waals surface area contributed by atoms with Crippen molar-refractivity contribution in [3.63, 3.8) is 0 Å². The molecule has 0 unspecified atom stereocenters. The van der Waals surface area contributed by atoms with Crippen molar-refractivity contribution in [3.05, 3.63) is 57.7 Å². The van der Waals surface area contributed by atoms with Crippen LogP contribution in [0, 0.1) is 12.7 Å². The van der Waals surface area contributed by atoms with Crippen LogP contribution < -0.4 is 0 Å². The molecular weight excluding hydrogens is 313 g/mol. The van der Waals surface area contributed by atoms with Gasteiger partial charge in [0, 0.05) is 12.6 Å². The summed E-state index contributed by atoms with van der Waals surface area (Å²) in [4.78, 5) is 13.7. The fourth-order valence-electron chi connectivity index (χ4n) is 1.70. The Labute approximate surface area is 119 Å². The summed E-state index contributed by atoms with van der Waals surface area (Å²) in [6, 6.07) is 6.06. The van der Waals surface area contributed by atoms with Crippen molar-refractivity contribution in [1.82, 2.24) is 4.90 Å². The first-order valence-corrected chi connectivity index (χ1v) is 6.52. The molecule has 0 spiro atoms. The minimum Gasteiger partial charge on any atom is -0.467 e.